The molecule has 0 aliphatic rings. The van der Waals surface area contributed by atoms with Crippen molar-refractivity contribution in [2.45, 2.75) is 0 Å². The summed E-state index contributed by atoms with van der Waals surface area (Å²) in [7, 11) is 0. The predicted octanol–water partition coefficient (Wildman–Crippen LogP) is 4.87. The highest BCUT2D eigenvalue weighted by molar-refractivity contribution is 6.30. The van der Waals surface area contributed by atoms with Crippen LogP contribution >= 0.6 is 11.6 Å². The molecule has 1 heterocycles. The van der Waals surface area contributed by atoms with E-state index in [4.69, 9.17) is 11.6 Å². The lowest BCUT2D eigenvalue weighted by molar-refractivity contribution is 0.102. The van der Waals surface area contributed by atoms with E-state index in [2.05, 4.69) is 15.6 Å². The number of benzene rings is 2. The Morgan fingerprint density at radius 2 is 1.71 bits per heavy atom. The van der Waals surface area contributed by atoms with E-state index in [0.29, 0.717) is 16.4 Å². The first kappa shape index (κ1) is 16.0. The van der Waals surface area contributed by atoms with Crippen LogP contribution in [0.15, 0.2) is 66.9 Å². The van der Waals surface area contributed by atoms with Gasteiger partial charge in [-0.2, -0.15) is 0 Å². The molecule has 0 radical (unpaired) electrons. The number of carbonyl (C=O) groups is 1. The van der Waals surface area contributed by atoms with Gasteiger partial charge in [0, 0.05) is 28.3 Å². The second kappa shape index (κ2) is 7.10. The van der Waals surface area contributed by atoms with Crippen LogP contribution in [0.2, 0.25) is 5.02 Å². The zero-order chi connectivity index (χ0) is 16.9. The number of hydrogen-bond donors (Lipinski definition) is 2. The van der Waals surface area contributed by atoms with E-state index < -0.39 is 0 Å². The second-order valence-electron chi connectivity index (χ2n) is 5.03. The smallest absolute Gasteiger partial charge is 0.274 e. The largest absolute Gasteiger partial charge is 0.355 e. The monoisotopic (exact) mass is 341 g/mol. The molecule has 0 saturated heterocycles. The van der Waals surface area contributed by atoms with E-state index in [1.165, 1.54) is 30.5 Å². The Bertz CT molecular complexity index is 868. The number of aromatic nitrogens is 1. The highest BCUT2D eigenvalue weighted by Crippen LogP contribution is 2.20. The maximum absolute atomic E-state index is 12.9. The second-order valence-corrected chi connectivity index (χ2v) is 5.46. The molecular formula is C18H13ClFN3O. The summed E-state index contributed by atoms with van der Waals surface area (Å²) in [5.41, 5.74) is 2.25. The molecule has 1 amide bonds. The van der Waals surface area contributed by atoms with Crippen molar-refractivity contribution in [1.29, 1.82) is 0 Å². The third-order valence-corrected chi connectivity index (χ3v) is 3.44. The Labute approximate surface area is 143 Å². The summed E-state index contributed by atoms with van der Waals surface area (Å²) in [6, 6.07) is 16.2. The fourth-order valence-electron chi connectivity index (χ4n) is 2.09. The molecule has 0 spiro atoms. The third-order valence-electron chi connectivity index (χ3n) is 3.21. The van der Waals surface area contributed by atoms with E-state index in [1.807, 2.05) is 12.1 Å². The van der Waals surface area contributed by atoms with Crippen molar-refractivity contribution in [1.82, 2.24) is 4.98 Å². The van der Waals surface area contributed by atoms with E-state index in [1.54, 1.807) is 24.3 Å². The molecule has 0 aliphatic heterocycles. The number of amides is 1. The van der Waals surface area contributed by atoms with Crippen LogP contribution in [0.5, 0.6) is 0 Å². The van der Waals surface area contributed by atoms with E-state index >= 15 is 0 Å². The van der Waals surface area contributed by atoms with Crippen molar-refractivity contribution in [2.24, 2.45) is 0 Å². The lowest BCUT2D eigenvalue weighted by atomic mass is 10.2. The maximum atomic E-state index is 12.9. The quantitative estimate of drug-likeness (QED) is 0.711. The molecular weight excluding hydrogens is 329 g/mol. The van der Waals surface area contributed by atoms with Gasteiger partial charge < -0.3 is 10.6 Å². The lowest BCUT2D eigenvalue weighted by Crippen LogP contribution is -2.13. The lowest BCUT2D eigenvalue weighted by Gasteiger charge is -2.09. The normalized spacial score (nSPS) is 10.2. The number of nitrogens with zero attached hydrogens (tertiary/aromatic N) is 1. The molecule has 0 aliphatic carbocycles. The standard InChI is InChI=1S/C18H13ClFN3O/c19-12-2-1-3-15(10-12)22-16-8-9-21-17(11-16)18(24)23-14-6-4-13(20)5-7-14/h1-11H,(H,21,22)(H,23,24). The fourth-order valence-corrected chi connectivity index (χ4v) is 2.28. The minimum absolute atomic E-state index is 0.242. The molecule has 4 nitrogen and oxygen atoms in total. The molecule has 24 heavy (non-hydrogen) atoms. The third kappa shape index (κ3) is 4.08. The first-order valence-corrected chi connectivity index (χ1v) is 7.53. The molecule has 120 valence electrons. The number of carbonyl (C=O) groups excluding carboxylic acids is 1. The van der Waals surface area contributed by atoms with Gasteiger partial charge in [-0.25, -0.2) is 4.39 Å². The number of anilines is 3. The van der Waals surface area contributed by atoms with Crippen LogP contribution in [-0.2, 0) is 0 Å². The minimum atomic E-state index is -0.378. The van der Waals surface area contributed by atoms with E-state index in [-0.39, 0.29) is 17.4 Å². The maximum Gasteiger partial charge on any atom is 0.274 e. The van der Waals surface area contributed by atoms with Crippen molar-refractivity contribution in [3.05, 3.63) is 83.4 Å². The van der Waals surface area contributed by atoms with Crippen LogP contribution in [0.3, 0.4) is 0 Å². The summed E-state index contributed by atoms with van der Waals surface area (Å²) < 4.78 is 12.9. The summed E-state index contributed by atoms with van der Waals surface area (Å²) in [4.78, 5) is 16.3. The van der Waals surface area contributed by atoms with Crippen molar-refractivity contribution in [3.63, 3.8) is 0 Å². The van der Waals surface area contributed by atoms with Gasteiger partial charge in [-0.05, 0) is 54.6 Å². The molecule has 0 bridgehead atoms. The Morgan fingerprint density at radius 3 is 2.46 bits per heavy atom. The van der Waals surface area contributed by atoms with Crippen molar-refractivity contribution in [3.8, 4) is 0 Å². The fraction of sp³-hybridized carbons (Fsp3) is 0. The molecule has 0 saturated carbocycles. The average Bonchev–Trinajstić information content (AvgIpc) is 2.57. The number of halogens is 2. The van der Waals surface area contributed by atoms with Gasteiger partial charge in [0.05, 0.1) is 0 Å². The number of nitrogens with one attached hydrogen (secondary N) is 2. The first-order chi connectivity index (χ1) is 11.6. The molecule has 6 heteroatoms. The summed E-state index contributed by atoms with van der Waals surface area (Å²) in [6.07, 6.45) is 1.53. The summed E-state index contributed by atoms with van der Waals surface area (Å²) in [5, 5.41) is 6.44. The Kier molecular flexibility index (Phi) is 4.72. The molecule has 2 N–H and O–H groups in total. The number of rotatable bonds is 4. The molecule has 2 aromatic carbocycles. The van der Waals surface area contributed by atoms with Gasteiger partial charge in [0.1, 0.15) is 11.5 Å². The molecule has 0 atom stereocenters. The first-order valence-electron chi connectivity index (χ1n) is 7.16. The van der Waals surface area contributed by atoms with E-state index in [0.717, 1.165) is 5.69 Å². The van der Waals surface area contributed by atoms with Gasteiger partial charge >= 0.3 is 0 Å². The van der Waals surface area contributed by atoms with Crippen LogP contribution in [0.4, 0.5) is 21.5 Å². The zero-order valence-electron chi connectivity index (χ0n) is 12.5. The zero-order valence-corrected chi connectivity index (χ0v) is 13.2. The summed E-state index contributed by atoms with van der Waals surface area (Å²) in [6.45, 7) is 0. The molecule has 0 unspecified atom stereocenters. The predicted molar refractivity (Wildman–Crippen MR) is 93.3 cm³/mol. The summed E-state index contributed by atoms with van der Waals surface area (Å²) in [5.74, 6) is -0.741. The molecule has 3 rings (SSSR count). The highest BCUT2D eigenvalue weighted by Gasteiger charge is 2.09. The van der Waals surface area contributed by atoms with Crippen LogP contribution in [-0.4, -0.2) is 10.9 Å². The van der Waals surface area contributed by atoms with Gasteiger partial charge in [0.15, 0.2) is 0 Å². The average molecular weight is 342 g/mol. The van der Waals surface area contributed by atoms with Crippen LogP contribution in [0.1, 0.15) is 10.5 Å². The van der Waals surface area contributed by atoms with Gasteiger partial charge in [-0.1, -0.05) is 17.7 Å². The van der Waals surface area contributed by atoms with Crippen LogP contribution in [0.25, 0.3) is 0 Å². The Morgan fingerprint density at radius 1 is 0.958 bits per heavy atom. The molecule has 0 fully saturated rings. The van der Waals surface area contributed by atoms with E-state index in [9.17, 15) is 9.18 Å². The summed E-state index contributed by atoms with van der Waals surface area (Å²) >= 11 is 5.95. The van der Waals surface area contributed by atoms with Crippen molar-refractivity contribution in [2.75, 3.05) is 10.6 Å². The topological polar surface area (TPSA) is 54.0 Å². The Hall–Kier alpha value is -2.92. The van der Waals surface area contributed by atoms with Crippen LogP contribution in [0, 0.1) is 5.82 Å². The van der Waals surface area contributed by atoms with Gasteiger partial charge in [-0.3, -0.25) is 9.78 Å². The van der Waals surface area contributed by atoms with Crippen molar-refractivity contribution < 1.29 is 9.18 Å². The number of pyridine rings is 1. The minimum Gasteiger partial charge on any atom is -0.355 e. The molecule has 3 aromatic rings. The highest BCUT2D eigenvalue weighted by atomic mass is 35.5. The SMILES string of the molecule is O=C(Nc1ccc(F)cc1)c1cc(Nc2cccc(Cl)c2)ccn1. The van der Waals surface area contributed by atoms with Gasteiger partial charge in [-0.15, -0.1) is 0 Å². The van der Waals surface area contributed by atoms with Gasteiger partial charge in [0.25, 0.3) is 5.91 Å². The van der Waals surface area contributed by atoms with Crippen molar-refractivity contribution >= 4 is 34.6 Å². The molecule has 1 aromatic heterocycles. The van der Waals surface area contributed by atoms with Gasteiger partial charge in [0.2, 0.25) is 0 Å². The number of hydrogen-bond acceptors (Lipinski definition) is 3. The Balaban J connectivity index is 1.74. The van der Waals surface area contributed by atoms with Crippen LogP contribution < -0.4 is 10.6 Å².